The fourth-order valence-electron chi connectivity index (χ4n) is 3.70. The van der Waals surface area contributed by atoms with Crippen molar-refractivity contribution in [3.8, 4) is 5.75 Å². The lowest BCUT2D eigenvalue weighted by Gasteiger charge is -2.20. The van der Waals surface area contributed by atoms with Crippen molar-refractivity contribution in [2.24, 2.45) is 0 Å². The highest BCUT2D eigenvalue weighted by Crippen LogP contribution is 2.30. The van der Waals surface area contributed by atoms with Crippen molar-refractivity contribution in [2.75, 3.05) is 7.11 Å². The number of rotatable bonds is 8. The molecule has 0 unspecified atom stereocenters. The van der Waals surface area contributed by atoms with Gasteiger partial charge in [0.25, 0.3) is 0 Å². The topological polar surface area (TPSA) is 35.5 Å². The molecule has 0 aliphatic rings. The first-order chi connectivity index (χ1) is 18.1. The predicted molar refractivity (Wildman–Crippen MR) is 151 cm³/mol. The molecule has 38 heavy (non-hydrogen) atoms. The SMILES string of the molecule is COc1ccc(C(=O)/C=C(\OB(c2ccc(Br)cc2)c2ccc(Br)cc2)c2ccc(C(F)(F)F)cc2)cc1. The first kappa shape index (κ1) is 27.7. The lowest BCUT2D eigenvalue weighted by Crippen LogP contribution is -2.44. The summed E-state index contributed by atoms with van der Waals surface area (Å²) < 4.78 is 53.0. The van der Waals surface area contributed by atoms with Crippen molar-refractivity contribution in [1.82, 2.24) is 0 Å². The average Bonchev–Trinajstić information content (AvgIpc) is 2.92. The number of alkyl halides is 3. The van der Waals surface area contributed by atoms with Crippen molar-refractivity contribution < 1.29 is 27.4 Å². The molecule has 0 amide bonds. The molecule has 4 aromatic carbocycles. The van der Waals surface area contributed by atoms with Gasteiger partial charge in [-0.15, -0.1) is 0 Å². The van der Waals surface area contributed by atoms with Crippen LogP contribution in [0.2, 0.25) is 0 Å². The van der Waals surface area contributed by atoms with E-state index in [4.69, 9.17) is 9.39 Å². The number of hydrogen-bond acceptors (Lipinski definition) is 3. The standard InChI is InChI=1S/C29H20BBr2F3O3/c1-37-26-16-4-19(5-17-26)27(36)18-28(20-2-6-21(7-3-20)29(33,34)35)38-30(22-8-12-24(31)13-9-22)23-10-14-25(32)15-11-23/h2-18H,1H3/b28-18-. The van der Waals surface area contributed by atoms with E-state index >= 15 is 0 Å². The number of carbonyl (C=O) groups excluding carboxylic acids is 1. The largest absolute Gasteiger partial charge is 0.551 e. The number of allylic oxidation sites excluding steroid dienone is 1. The molecule has 0 saturated carbocycles. The molecule has 4 rings (SSSR count). The molecule has 192 valence electrons. The summed E-state index contributed by atoms with van der Waals surface area (Å²) in [6.07, 6.45) is -3.19. The number of ketones is 1. The van der Waals surface area contributed by atoms with Crippen molar-refractivity contribution >= 4 is 61.2 Å². The highest BCUT2D eigenvalue weighted by atomic mass is 79.9. The smallest absolute Gasteiger partial charge is 0.426 e. The molecule has 0 radical (unpaired) electrons. The molecule has 0 saturated heterocycles. The molecule has 0 atom stereocenters. The minimum atomic E-state index is -4.49. The normalized spacial score (nSPS) is 11.7. The second-order valence-electron chi connectivity index (χ2n) is 8.28. The van der Waals surface area contributed by atoms with Crippen LogP contribution in [0.1, 0.15) is 21.5 Å². The van der Waals surface area contributed by atoms with E-state index < -0.39 is 18.7 Å². The van der Waals surface area contributed by atoms with Gasteiger partial charge in [0.15, 0.2) is 5.78 Å². The van der Waals surface area contributed by atoms with Crippen molar-refractivity contribution in [3.63, 3.8) is 0 Å². The summed E-state index contributed by atoms with van der Waals surface area (Å²) in [5.41, 5.74) is 1.51. The highest BCUT2D eigenvalue weighted by Gasteiger charge is 2.31. The van der Waals surface area contributed by atoms with Crippen LogP contribution in [0.5, 0.6) is 5.75 Å². The Kier molecular flexibility index (Phi) is 8.79. The number of hydrogen-bond donors (Lipinski definition) is 0. The summed E-state index contributed by atoms with van der Waals surface area (Å²) in [4.78, 5) is 13.2. The van der Waals surface area contributed by atoms with E-state index in [0.29, 0.717) is 16.9 Å². The third-order valence-corrected chi connectivity index (χ3v) is 6.78. The van der Waals surface area contributed by atoms with Gasteiger partial charge >= 0.3 is 13.1 Å². The zero-order valence-electron chi connectivity index (χ0n) is 20.0. The van der Waals surface area contributed by atoms with Gasteiger partial charge < -0.3 is 9.39 Å². The van der Waals surface area contributed by atoms with E-state index in [9.17, 15) is 18.0 Å². The van der Waals surface area contributed by atoms with Crippen LogP contribution in [0.4, 0.5) is 13.2 Å². The second-order valence-corrected chi connectivity index (χ2v) is 10.1. The zero-order valence-corrected chi connectivity index (χ0v) is 23.2. The third kappa shape index (κ3) is 6.96. The van der Waals surface area contributed by atoms with Crippen LogP contribution in [0.15, 0.2) is 112 Å². The summed E-state index contributed by atoms with van der Waals surface area (Å²) in [6.45, 7) is -0.645. The van der Waals surface area contributed by atoms with Gasteiger partial charge in [0.1, 0.15) is 11.5 Å². The predicted octanol–water partition coefficient (Wildman–Crippen LogP) is 7.29. The lowest BCUT2D eigenvalue weighted by atomic mass is 9.55. The number of benzene rings is 4. The van der Waals surface area contributed by atoms with E-state index in [0.717, 1.165) is 32.0 Å². The van der Waals surface area contributed by atoms with Crippen LogP contribution in [0.25, 0.3) is 5.76 Å². The van der Waals surface area contributed by atoms with Crippen molar-refractivity contribution in [1.29, 1.82) is 0 Å². The molecule has 0 spiro atoms. The first-order valence-electron chi connectivity index (χ1n) is 11.4. The maximum absolute atomic E-state index is 13.2. The number of ether oxygens (including phenoxy) is 1. The molecular formula is C29H20BBr2F3O3. The number of carbonyl (C=O) groups is 1. The molecule has 0 aromatic heterocycles. The molecule has 0 aliphatic heterocycles. The average molecular weight is 644 g/mol. The molecule has 4 aromatic rings. The van der Waals surface area contributed by atoms with E-state index in [1.807, 2.05) is 48.5 Å². The second kappa shape index (κ2) is 12.0. The Labute approximate surface area is 235 Å². The van der Waals surface area contributed by atoms with Gasteiger partial charge in [0.2, 0.25) is 0 Å². The van der Waals surface area contributed by atoms with Crippen LogP contribution in [-0.2, 0) is 10.8 Å². The van der Waals surface area contributed by atoms with Crippen LogP contribution < -0.4 is 15.7 Å². The first-order valence-corrected chi connectivity index (χ1v) is 13.0. The summed E-state index contributed by atoms with van der Waals surface area (Å²) in [5, 5.41) is 0. The van der Waals surface area contributed by atoms with Crippen LogP contribution in [0.3, 0.4) is 0 Å². The van der Waals surface area contributed by atoms with Gasteiger partial charge in [0, 0.05) is 26.1 Å². The number of halogens is 5. The van der Waals surface area contributed by atoms with Crippen molar-refractivity contribution in [2.45, 2.75) is 6.18 Å². The fraction of sp³-hybridized carbons (Fsp3) is 0.0690. The molecule has 0 fully saturated rings. The van der Waals surface area contributed by atoms with E-state index in [1.165, 1.54) is 25.3 Å². The molecule has 3 nitrogen and oxygen atoms in total. The summed E-state index contributed by atoms with van der Waals surface area (Å²) in [7, 11) is 1.53. The Hall–Kier alpha value is -3.30. The van der Waals surface area contributed by atoms with E-state index in [1.54, 1.807) is 24.3 Å². The Morgan fingerprint density at radius 3 is 1.66 bits per heavy atom. The Balaban J connectivity index is 1.79. The molecule has 0 aliphatic carbocycles. The minimum absolute atomic E-state index is 0.135. The molecular weight excluding hydrogens is 624 g/mol. The van der Waals surface area contributed by atoms with Crippen LogP contribution in [-0.4, -0.2) is 19.8 Å². The lowest BCUT2D eigenvalue weighted by molar-refractivity contribution is -0.137. The van der Waals surface area contributed by atoms with Gasteiger partial charge in [-0.1, -0.05) is 68.3 Å². The van der Waals surface area contributed by atoms with Gasteiger partial charge in [-0.2, -0.15) is 13.2 Å². The van der Waals surface area contributed by atoms with Gasteiger partial charge in [0.05, 0.1) is 12.7 Å². The van der Waals surface area contributed by atoms with Crippen molar-refractivity contribution in [3.05, 3.63) is 129 Å². The summed E-state index contributed by atoms with van der Waals surface area (Å²) >= 11 is 6.87. The van der Waals surface area contributed by atoms with Crippen LogP contribution >= 0.6 is 31.9 Å². The monoisotopic (exact) mass is 642 g/mol. The Bertz CT molecular complexity index is 1370. The maximum atomic E-state index is 13.2. The minimum Gasteiger partial charge on any atom is -0.551 e. The molecule has 0 N–H and O–H groups in total. The third-order valence-electron chi connectivity index (χ3n) is 5.72. The zero-order chi connectivity index (χ0) is 27.3. The molecule has 0 bridgehead atoms. The van der Waals surface area contributed by atoms with Gasteiger partial charge in [-0.3, -0.25) is 4.79 Å². The summed E-state index contributed by atoms with van der Waals surface area (Å²) in [5.74, 6) is 0.360. The van der Waals surface area contributed by atoms with E-state index in [-0.39, 0.29) is 11.5 Å². The highest BCUT2D eigenvalue weighted by molar-refractivity contribution is 9.10. The Morgan fingerprint density at radius 1 is 0.737 bits per heavy atom. The maximum Gasteiger partial charge on any atom is 0.426 e. The van der Waals surface area contributed by atoms with Gasteiger partial charge in [-0.05, 0) is 71.6 Å². The van der Waals surface area contributed by atoms with E-state index in [2.05, 4.69) is 31.9 Å². The quantitative estimate of drug-likeness (QED) is 0.0876. The molecule has 9 heteroatoms. The van der Waals surface area contributed by atoms with Crippen LogP contribution in [0, 0.1) is 0 Å². The fourth-order valence-corrected chi connectivity index (χ4v) is 4.23. The number of methoxy groups -OCH3 is 1. The van der Waals surface area contributed by atoms with Gasteiger partial charge in [-0.25, -0.2) is 0 Å². The summed E-state index contributed by atoms with van der Waals surface area (Å²) in [6, 6.07) is 26.1. The Morgan fingerprint density at radius 2 is 1.21 bits per heavy atom. The molecule has 0 heterocycles.